The third-order valence-corrected chi connectivity index (χ3v) is 2.93. The summed E-state index contributed by atoms with van der Waals surface area (Å²) in [5, 5.41) is 10.5. The van der Waals surface area contributed by atoms with Crippen molar-refractivity contribution in [3.8, 4) is 0 Å². The van der Waals surface area contributed by atoms with Crippen molar-refractivity contribution in [1.82, 2.24) is 19.6 Å². The van der Waals surface area contributed by atoms with Gasteiger partial charge in [0.15, 0.2) is 5.82 Å². The van der Waals surface area contributed by atoms with Crippen molar-refractivity contribution in [1.29, 1.82) is 0 Å². The predicted molar refractivity (Wildman–Crippen MR) is 59.0 cm³/mol. The molecule has 7 nitrogen and oxygen atoms in total. The number of sulfone groups is 1. The Hall–Kier alpha value is -1.70. The van der Waals surface area contributed by atoms with Crippen LogP contribution in [-0.4, -0.2) is 46.6 Å². The van der Waals surface area contributed by atoms with Crippen LogP contribution in [-0.2, 0) is 9.84 Å². The van der Waals surface area contributed by atoms with Crippen LogP contribution in [0.25, 0.3) is 5.65 Å². The van der Waals surface area contributed by atoms with Crippen molar-refractivity contribution in [2.75, 3.05) is 23.9 Å². The van der Waals surface area contributed by atoms with E-state index in [1.54, 1.807) is 23.1 Å². The molecule has 2 aromatic heterocycles. The van der Waals surface area contributed by atoms with Crippen LogP contribution in [0.2, 0.25) is 0 Å². The van der Waals surface area contributed by atoms with Crippen molar-refractivity contribution in [2.45, 2.75) is 0 Å². The Morgan fingerprint density at radius 2 is 2.31 bits per heavy atom. The highest BCUT2D eigenvalue weighted by Gasteiger charge is 2.06. The number of rotatable bonds is 4. The summed E-state index contributed by atoms with van der Waals surface area (Å²) in [5.74, 6) is 0.591. The first-order chi connectivity index (χ1) is 7.56. The van der Waals surface area contributed by atoms with E-state index in [2.05, 4.69) is 20.5 Å². The maximum atomic E-state index is 10.9. The first-order valence-corrected chi connectivity index (χ1v) is 6.68. The summed E-state index contributed by atoms with van der Waals surface area (Å²) in [6.07, 6.45) is 6.06. The molecule has 2 rings (SSSR count). The molecule has 0 spiro atoms. The number of nitrogens with one attached hydrogen (secondary N) is 1. The van der Waals surface area contributed by atoms with Crippen LogP contribution >= 0.6 is 0 Å². The van der Waals surface area contributed by atoms with E-state index in [4.69, 9.17) is 0 Å². The maximum Gasteiger partial charge on any atom is 0.203 e. The van der Waals surface area contributed by atoms with Crippen molar-refractivity contribution < 1.29 is 8.42 Å². The van der Waals surface area contributed by atoms with Crippen LogP contribution in [0.4, 0.5) is 5.82 Å². The molecule has 0 radical (unpaired) electrons. The van der Waals surface area contributed by atoms with Crippen molar-refractivity contribution in [3.05, 3.63) is 18.7 Å². The Labute approximate surface area is 92.4 Å². The van der Waals surface area contributed by atoms with Gasteiger partial charge in [0, 0.05) is 25.2 Å². The first kappa shape index (κ1) is 10.8. The zero-order valence-corrected chi connectivity index (χ0v) is 9.48. The number of nitrogens with zero attached hydrogens (tertiary/aromatic N) is 4. The van der Waals surface area contributed by atoms with E-state index >= 15 is 0 Å². The van der Waals surface area contributed by atoms with Crippen LogP contribution in [0.15, 0.2) is 18.7 Å². The van der Waals surface area contributed by atoms with Gasteiger partial charge in [0.05, 0.1) is 5.75 Å². The minimum Gasteiger partial charge on any atom is -0.366 e. The molecule has 0 saturated carbocycles. The van der Waals surface area contributed by atoms with Gasteiger partial charge in [-0.25, -0.2) is 13.4 Å². The maximum absolute atomic E-state index is 10.9. The zero-order chi connectivity index (χ0) is 11.6. The highest BCUT2D eigenvalue weighted by Crippen LogP contribution is 2.08. The molecule has 2 aromatic rings. The van der Waals surface area contributed by atoms with Crippen LogP contribution in [0, 0.1) is 0 Å². The monoisotopic (exact) mass is 241 g/mol. The Morgan fingerprint density at radius 1 is 1.50 bits per heavy atom. The molecule has 0 amide bonds. The van der Waals surface area contributed by atoms with E-state index in [9.17, 15) is 8.42 Å². The fourth-order valence-electron chi connectivity index (χ4n) is 1.24. The van der Waals surface area contributed by atoms with Crippen molar-refractivity contribution >= 4 is 21.3 Å². The lowest BCUT2D eigenvalue weighted by molar-refractivity contribution is 0.602. The molecule has 0 saturated heterocycles. The summed E-state index contributed by atoms with van der Waals surface area (Å²) in [7, 11) is -2.97. The largest absolute Gasteiger partial charge is 0.366 e. The van der Waals surface area contributed by atoms with E-state index in [0.717, 1.165) is 0 Å². The standard InChI is InChI=1S/C8H11N5O2S/c1-16(14,15)5-3-10-7-8-12-11-6-13(8)4-2-9-7/h2,4,6H,3,5H2,1H3,(H,9,10). The minimum absolute atomic E-state index is 0.0594. The molecular formula is C8H11N5O2S. The smallest absolute Gasteiger partial charge is 0.203 e. The van der Waals surface area contributed by atoms with Gasteiger partial charge in [-0.3, -0.25) is 4.40 Å². The molecule has 0 atom stereocenters. The van der Waals surface area contributed by atoms with E-state index in [-0.39, 0.29) is 5.75 Å². The van der Waals surface area contributed by atoms with Gasteiger partial charge in [0.25, 0.3) is 0 Å². The van der Waals surface area contributed by atoms with Crippen LogP contribution in [0.1, 0.15) is 0 Å². The number of anilines is 1. The van der Waals surface area contributed by atoms with E-state index in [1.807, 2.05) is 0 Å². The Morgan fingerprint density at radius 3 is 3.06 bits per heavy atom. The molecule has 8 heteroatoms. The summed E-state index contributed by atoms with van der Waals surface area (Å²) in [6, 6.07) is 0. The van der Waals surface area contributed by atoms with E-state index in [1.165, 1.54) is 6.26 Å². The highest BCUT2D eigenvalue weighted by atomic mass is 32.2. The van der Waals surface area contributed by atoms with Gasteiger partial charge >= 0.3 is 0 Å². The zero-order valence-electron chi connectivity index (χ0n) is 8.66. The molecule has 1 N–H and O–H groups in total. The highest BCUT2D eigenvalue weighted by molar-refractivity contribution is 7.90. The lowest BCUT2D eigenvalue weighted by Gasteiger charge is -2.04. The fraction of sp³-hybridized carbons (Fsp3) is 0.375. The summed E-state index contributed by atoms with van der Waals surface area (Å²) < 4.78 is 23.6. The van der Waals surface area contributed by atoms with Gasteiger partial charge < -0.3 is 5.32 Å². The third-order valence-electron chi connectivity index (χ3n) is 1.98. The van der Waals surface area contributed by atoms with Crippen molar-refractivity contribution in [3.63, 3.8) is 0 Å². The van der Waals surface area contributed by atoms with Crippen LogP contribution < -0.4 is 5.32 Å². The molecular weight excluding hydrogens is 230 g/mol. The van der Waals surface area contributed by atoms with Gasteiger partial charge in [-0.2, -0.15) is 0 Å². The topological polar surface area (TPSA) is 89.2 Å². The molecule has 0 bridgehead atoms. The SMILES string of the molecule is CS(=O)(=O)CCNc1nccn2cnnc12. The molecule has 0 aliphatic carbocycles. The number of aromatic nitrogens is 4. The second kappa shape index (κ2) is 4.05. The predicted octanol–water partition coefficient (Wildman–Crippen LogP) is -0.419. The number of hydrogen-bond acceptors (Lipinski definition) is 6. The lowest BCUT2D eigenvalue weighted by Crippen LogP contribution is -2.15. The third kappa shape index (κ3) is 2.45. The van der Waals surface area contributed by atoms with Crippen LogP contribution in [0.3, 0.4) is 0 Å². The Balaban J connectivity index is 2.12. The molecule has 2 heterocycles. The molecule has 86 valence electrons. The Bertz CT molecular complexity index is 591. The fourth-order valence-corrected chi connectivity index (χ4v) is 1.71. The van der Waals surface area contributed by atoms with Gasteiger partial charge in [0.1, 0.15) is 16.2 Å². The second-order valence-electron chi connectivity index (χ2n) is 3.39. The van der Waals surface area contributed by atoms with Gasteiger partial charge in [-0.05, 0) is 0 Å². The molecule has 0 unspecified atom stereocenters. The summed E-state index contributed by atoms with van der Waals surface area (Å²) in [4.78, 5) is 4.07. The molecule has 0 aliphatic heterocycles. The molecule has 0 fully saturated rings. The van der Waals surface area contributed by atoms with Crippen molar-refractivity contribution in [2.24, 2.45) is 0 Å². The summed E-state index contributed by atoms with van der Waals surface area (Å²) in [6.45, 7) is 0.304. The van der Waals surface area contributed by atoms with E-state index in [0.29, 0.717) is 18.0 Å². The number of hydrogen-bond donors (Lipinski definition) is 1. The summed E-state index contributed by atoms with van der Waals surface area (Å²) >= 11 is 0. The molecule has 16 heavy (non-hydrogen) atoms. The quantitative estimate of drug-likeness (QED) is 0.782. The van der Waals surface area contributed by atoms with Crippen LogP contribution in [0.5, 0.6) is 0 Å². The molecule has 0 aromatic carbocycles. The molecule has 0 aliphatic rings. The van der Waals surface area contributed by atoms with Gasteiger partial charge in [-0.15, -0.1) is 10.2 Å². The number of fused-ring (bicyclic) bond motifs is 1. The average Bonchev–Trinajstić information content (AvgIpc) is 2.64. The Kier molecular flexibility index (Phi) is 2.73. The lowest BCUT2D eigenvalue weighted by atomic mass is 10.6. The first-order valence-electron chi connectivity index (χ1n) is 4.62. The normalized spacial score (nSPS) is 11.8. The van der Waals surface area contributed by atoms with Gasteiger partial charge in [-0.1, -0.05) is 0 Å². The van der Waals surface area contributed by atoms with Gasteiger partial charge in [0.2, 0.25) is 5.65 Å². The summed E-state index contributed by atoms with van der Waals surface area (Å²) in [5.41, 5.74) is 0.580. The minimum atomic E-state index is -2.97. The van der Waals surface area contributed by atoms with E-state index < -0.39 is 9.84 Å². The second-order valence-corrected chi connectivity index (χ2v) is 5.65. The average molecular weight is 241 g/mol.